The summed E-state index contributed by atoms with van der Waals surface area (Å²) in [5.74, 6) is 0. The smallest absolute Gasteiger partial charge is 1.00 e. The van der Waals surface area contributed by atoms with E-state index in [1.54, 1.807) is 0 Å². The zero-order chi connectivity index (χ0) is 25.6. The Kier molecular flexibility index (Phi) is 41.5. The third-order valence-corrected chi connectivity index (χ3v) is 6.28. The van der Waals surface area contributed by atoms with Crippen LogP contribution in [0.4, 0.5) is 0 Å². The van der Waals surface area contributed by atoms with Crippen LogP contribution in [0.1, 0.15) is 169 Å². The maximum atomic E-state index is 8.74. The topological polar surface area (TPSA) is 83.8 Å². The van der Waals surface area contributed by atoms with E-state index in [0.717, 1.165) is 13.2 Å². The average Bonchev–Trinajstić information content (AvgIpc) is 2.78. The molecule has 0 unspecified atom stereocenters. The molecule has 0 aliphatic heterocycles. The first-order chi connectivity index (χ1) is 16.4. The molecule has 0 amide bonds. The average molecular weight is 549 g/mol. The van der Waals surface area contributed by atoms with Crippen molar-refractivity contribution < 1.29 is 75.1 Å². The summed E-state index contributed by atoms with van der Waals surface area (Å²) in [6.07, 6.45) is 34.1. The minimum Gasteiger partial charge on any atom is -1.00 e. The molecular weight excluding hydrogens is 487 g/mol. The summed E-state index contributed by atoms with van der Waals surface area (Å²) in [5, 5.41) is 0. The molecule has 0 rings (SSSR count). The van der Waals surface area contributed by atoms with Gasteiger partial charge in [0.25, 0.3) is 0 Å². The molecular formula is C28H61KO5S. The van der Waals surface area contributed by atoms with Gasteiger partial charge in [0.15, 0.2) is 0 Å². The molecule has 210 valence electrons. The predicted molar refractivity (Wildman–Crippen MR) is 148 cm³/mol. The van der Waals surface area contributed by atoms with Crippen LogP contribution in [-0.2, 0) is 15.1 Å². The van der Waals surface area contributed by atoms with E-state index in [0.29, 0.717) is 0 Å². The Hall–Kier alpha value is 1.47. The van der Waals surface area contributed by atoms with Crippen LogP contribution in [0.15, 0.2) is 0 Å². The standard InChI is InChI=1S/C28H58O.K.H2O4S.H/c1-3-5-7-9-11-13-15-17-19-21-23-25-27-29-28-26-24-22-20-18-16-14-12-10-8-6-4-2;;1-5(2,3)4;/h3-28H2,1-2H3;;(H2,1,2,3,4);/q;+1;;-1. The first kappa shape index (κ1) is 41.0. The van der Waals surface area contributed by atoms with Crippen LogP contribution in [0.3, 0.4) is 0 Å². The number of hydrogen-bond donors (Lipinski definition) is 2. The van der Waals surface area contributed by atoms with Crippen LogP contribution in [0.25, 0.3) is 0 Å². The third-order valence-electron chi connectivity index (χ3n) is 6.28. The van der Waals surface area contributed by atoms with Crippen LogP contribution in [-0.4, -0.2) is 30.7 Å². The van der Waals surface area contributed by atoms with Crippen LogP contribution >= 0.6 is 0 Å². The number of hydrogen-bond acceptors (Lipinski definition) is 3. The molecule has 2 N–H and O–H groups in total. The molecule has 0 saturated heterocycles. The quantitative estimate of drug-likeness (QED) is 0.0700. The molecule has 35 heavy (non-hydrogen) atoms. The molecule has 0 saturated carbocycles. The zero-order valence-corrected chi connectivity index (χ0v) is 27.9. The summed E-state index contributed by atoms with van der Waals surface area (Å²) in [6, 6.07) is 0. The van der Waals surface area contributed by atoms with E-state index in [4.69, 9.17) is 22.3 Å². The Labute approximate surface area is 264 Å². The van der Waals surface area contributed by atoms with Crippen molar-refractivity contribution in [2.75, 3.05) is 13.2 Å². The Morgan fingerprint density at radius 3 is 0.829 bits per heavy atom. The van der Waals surface area contributed by atoms with Crippen molar-refractivity contribution in [3.05, 3.63) is 0 Å². The summed E-state index contributed by atoms with van der Waals surface area (Å²) in [7, 11) is -4.67. The van der Waals surface area contributed by atoms with Crippen molar-refractivity contribution in [1.29, 1.82) is 0 Å². The van der Waals surface area contributed by atoms with Gasteiger partial charge < -0.3 is 6.16 Å². The van der Waals surface area contributed by atoms with E-state index in [9.17, 15) is 0 Å². The first-order valence-electron chi connectivity index (χ1n) is 14.7. The van der Waals surface area contributed by atoms with Gasteiger partial charge in [-0.3, -0.25) is 9.11 Å². The largest absolute Gasteiger partial charge is 1.00 e. The molecule has 0 atom stereocenters. The number of unbranched alkanes of at least 4 members (excludes halogenated alkanes) is 22. The fourth-order valence-corrected chi connectivity index (χ4v) is 4.19. The van der Waals surface area contributed by atoms with E-state index >= 15 is 0 Å². The number of ether oxygens (including phenoxy) is 1. The van der Waals surface area contributed by atoms with E-state index in [1.807, 2.05) is 0 Å². The molecule has 0 bridgehead atoms. The van der Waals surface area contributed by atoms with E-state index < -0.39 is 10.4 Å². The van der Waals surface area contributed by atoms with Crippen molar-refractivity contribution in [3.63, 3.8) is 0 Å². The molecule has 0 aliphatic rings. The molecule has 0 heterocycles. The minimum atomic E-state index is -4.67. The Balaban J connectivity index is -0.000000661. The minimum absolute atomic E-state index is 0. The van der Waals surface area contributed by atoms with Gasteiger partial charge in [0.2, 0.25) is 0 Å². The van der Waals surface area contributed by atoms with Crippen molar-refractivity contribution in [2.45, 2.75) is 168 Å². The summed E-state index contributed by atoms with van der Waals surface area (Å²) >= 11 is 0. The molecule has 7 heteroatoms. The van der Waals surface area contributed by atoms with Gasteiger partial charge in [0.1, 0.15) is 0 Å². The van der Waals surface area contributed by atoms with E-state index in [-0.39, 0.29) is 52.8 Å². The van der Waals surface area contributed by atoms with Gasteiger partial charge in [0.05, 0.1) is 0 Å². The summed E-state index contributed by atoms with van der Waals surface area (Å²) in [4.78, 5) is 0. The molecule has 5 nitrogen and oxygen atoms in total. The van der Waals surface area contributed by atoms with E-state index in [2.05, 4.69) is 13.8 Å². The van der Waals surface area contributed by atoms with Crippen molar-refractivity contribution in [3.8, 4) is 0 Å². The van der Waals surface area contributed by atoms with Crippen molar-refractivity contribution >= 4 is 10.4 Å². The first-order valence-corrected chi connectivity index (χ1v) is 16.1. The Morgan fingerprint density at radius 1 is 0.457 bits per heavy atom. The molecule has 0 fully saturated rings. The van der Waals surface area contributed by atoms with Crippen LogP contribution in [0, 0.1) is 0 Å². The number of rotatable bonds is 26. The maximum Gasteiger partial charge on any atom is 1.00 e. The van der Waals surface area contributed by atoms with Gasteiger partial charge in [0, 0.05) is 13.2 Å². The molecule has 0 spiro atoms. The molecule has 0 aliphatic carbocycles. The summed E-state index contributed by atoms with van der Waals surface area (Å²) < 4.78 is 37.4. The maximum absolute atomic E-state index is 8.74. The SMILES string of the molecule is CCCCCCCCCCCCCCOCCCCCCCCCCCCCC.O=S(=O)(O)O.[H-].[K+]. The molecule has 0 aromatic rings. The molecule has 0 aromatic carbocycles. The molecule has 0 aromatic heterocycles. The van der Waals surface area contributed by atoms with Crippen molar-refractivity contribution in [2.24, 2.45) is 0 Å². The van der Waals surface area contributed by atoms with Crippen LogP contribution in [0.5, 0.6) is 0 Å². The Bertz CT molecular complexity index is 433. The van der Waals surface area contributed by atoms with Gasteiger partial charge in [-0.1, -0.05) is 155 Å². The summed E-state index contributed by atoms with van der Waals surface area (Å²) in [6.45, 7) is 6.58. The van der Waals surface area contributed by atoms with Gasteiger partial charge in [-0.25, -0.2) is 0 Å². The van der Waals surface area contributed by atoms with Crippen LogP contribution < -0.4 is 51.4 Å². The van der Waals surface area contributed by atoms with Gasteiger partial charge in [-0.05, 0) is 12.8 Å². The second-order valence-electron chi connectivity index (χ2n) is 9.84. The second kappa shape index (κ2) is 35.5. The third kappa shape index (κ3) is 52.7. The summed E-state index contributed by atoms with van der Waals surface area (Å²) in [5.41, 5.74) is 0. The normalized spacial score (nSPS) is 11.1. The van der Waals surface area contributed by atoms with Crippen molar-refractivity contribution in [1.82, 2.24) is 0 Å². The fraction of sp³-hybridized carbons (Fsp3) is 1.00. The van der Waals surface area contributed by atoms with Gasteiger partial charge in [-0.15, -0.1) is 0 Å². The zero-order valence-electron chi connectivity index (χ0n) is 24.9. The monoisotopic (exact) mass is 548 g/mol. The van der Waals surface area contributed by atoms with Crippen LogP contribution in [0.2, 0.25) is 0 Å². The van der Waals surface area contributed by atoms with Gasteiger partial charge in [-0.2, -0.15) is 8.42 Å². The Morgan fingerprint density at radius 2 is 0.629 bits per heavy atom. The predicted octanol–water partition coefficient (Wildman–Crippen LogP) is 6.87. The van der Waals surface area contributed by atoms with E-state index in [1.165, 1.54) is 154 Å². The molecule has 0 radical (unpaired) electrons. The van der Waals surface area contributed by atoms with Gasteiger partial charge >= 0.3 is 61.8 Å². The fourth-order valence-electron chi connectivity index (χ4n) is 4.19. The second-order valence-corrected chi connectivity index (χ2v) is 10.7.